The second kappa shape index (κ2) is 6.12. The molecule has 6 nitrogen and oxygen atoms in total. The first-order chi connectivity index (χ1) is 11.3. The molecule has 6 heteroatoms. The second-order valence-corrected chi connectivity index (χ2v) is 6.45. The van der Waals surface area contributed by atoms with Gasteiger partial charge >= 0.3 is 0 Å². The van der Waals surface area contributed by atoms with Gasteiger partial charge in [-0.1, -0.05) is 18.2 Å². The number of para-hydroxylation sites is 1. The third kappa shape index (κ3) is 3.27. The lowest BCUT2D eigenvalue weighted by molar-refractivity contribution is 0.0942. The molecule has 1 saturated heterocycles. The fraction of sp³-hybridized carbons (Fsp3) is 0.471. The summed E-state index contributed by atoms with van der Waals surface area (Å²) in [5, 5.41) is 11.4. The van der Waals surface area contributed by atoms with Crippen molar-refractivity contribution >= 4 is 5.91 Å². The number of benzene rings is 1. The molecule has 2 heterocycles. The molecule has 1 aromatic heterocycles. The number of hydrogen-bond donors (Lipinski definition) is 1. The predicted molar refractivity (Wildman–Crippen MR) is 86.4 cm³/mol. The Bertz CT molecular complexity index is 679. The van der Waals surface area contributed by atoms with Crippen LogP contribution in [-0.4, -0.2) is 51.5 Å². The molecule has 1 N–H and O–H groups in total. The van der Waals surface area contributed by atoms with Gasteiger partial charge in [0.1, 0.15) is 0 Å². The fourth-order valence-corrected chi connectivity index (χ4v) is 3.18. The quantitative estimate of drug-likeness (QED) is 0.908. The molecular weight excluding hydrogens is 290 g/mol. The van der Waals surface area contributed by atoms with Crippen LogP contribution in [0.3, 0.4) is 0 Å². The minimum Gasteiger partial charge on any atom is -0.350 e. The number of rotatable bonds is 5. The molecule has 1 unspecified atom stereocenters. The van der Waals surface area contributed by atoms with E-state index in [-0.39, 0.29) is 5.91 Å². The molecule has 1 saturated carbocycles. The van der Waals surface area contributed by atoms with E-state index >= 15 is 0 Å². The third-order valence-corrected chi connectivity index (χ3v) is 4.64. The molecule has 4 rings (SSSR count). The molecule has 2 aromatic rings. The molecule has 1 atom stereocenters. The highest BCUT2D eigenvalue weighted by atomic mass is 16.2. The van der Waals surface area contributed by atoms with Gasteiger partial charge in [0, 0.05) is 19.1 Å². The summed E-state index contributed by atoms with van der Waals surface area (Å²) in [4.78, 5) is 16.3. The molecule has 1 aromatic carbocycles. The van der Waals surface area contributed by atoms with Crippen LogP contribution in [0.2, 0.25) is 0 Å². The monoisotopic (exact) mass is 311 g/mol. The van der Waals surface area contributed by atoms with E-state index in [1.807, 2.05) is 30.3 Å². The highest BCUT2D eigenvalue weighted by molar-refractivity contribution is 5.91. The summed E-state index contributed by atoms with van der Waals surface area (Å²) >= 11 is 0. The minimum atomic E-state index is -0.142. The number of likely N-dealkylation sites (tertiary alicyclic amines) is 1. The van der Waals surface area contributed by atoms with Gasteiger partial charge in [-0.05, 0) is 43.9 Å². The summed E-state index contributed by atoms with van der Waals surface area (Å²) in [6, 6.07) is 10.4. The number of nitrogens with zero attached hydrogens (tertiary/aromatic N) is 4. The number of carbonyl (C=O) groups is 1. The van der Waals surface area contributed by atoms with Crippen molar-refractivity contribution in [3.8, 4) is 5.69 Å². The van der Waals surface area contributed by atoms with Gasteiger partial charge in [0.25, 0.3) is 5.91 Å². The standard InChI is InChI=1S/C17H21N5O/c23-17(18-10-13-8-9-21(12-13)14-6-7-14)16-11-19-22(20-16)15-4-2-1-3-5-15/h1-5,11,13-14H,6-10,12H2,(H,18,23). The molecule has 2 aliphatic rings. The van der Waals surface area contributed by atoms with E-state index in [0.29, 0.717) is 11.6 Å². The van der Waals surface area contributed by atoms with Crippen LogP contribution < -0.4 is 5.32 Å². The minimum absolute atomic E-state index is 0.142. The van der Waals surface area contributed by atoms with Crippen LogP contribution in [0.5, 0.6) is 0 Å². The Balaban J connectivity index is 1.32. The first-order valence-corrected chi connectivity index (χ1v) is 8.29. The Morgan fingerprint density at radius 2 is 2.04 bits per heavy atom. The Morgan fingerprint density at radius 1 is 1.22 bits per heavy atom. The van der Waals surface area contributed by atoms with Crippen molar-refractivity contribution in [2.75, 3.05) is 19.6 Å². The van der Waals surface area contributed by atoms with E-state index in [1.165, 1.54) is 36.8 Å². The van der Waals surface area contributed by atoms with E-state index in [1.54, 1.807) is 0 Å². The Hall–Kier alpha value is -2.21. The van der Waals surface area contributed by atoms with E-state index in [4.69, 9.17) is 0 Å². The fourth-order valence-electron chi connectivity index (χ4n) is 3.18. The van der Waals surface area contributed by atoms with E-state index in [0.717, 1.165) is 24.8 Å². The van der Waals surface area contributed by atoms with Crippen LogP contribution in [0.4, 0.5) is 0 Å². The summed E-state index contributed by atoms with van der Waals surface area (Å²) < 4.78 is 0. The maximum atomic E-state index is 12.2. The molecular formula is C17H21N5O. The highest BCUT2D eigenvalue weighted by Crippen LogP contribution is 2.31. The summed E-state index contributed by atoms with van der Waals surface area (Å²) in [5.74, 6) is 0.417. The normalized spacial score (nSPS) is 21.5. The van der Waals surface area contributed by atoms with Crippen molar-refractivity contribution in [3.63, 3.8) is 0 Å². The van der Waals surface area contributed by atoms with Crippen molar-refractivity contribution in [2.45, 2.75) is 25.3 Å². The van der Waals surface area contributed by atoms with Crippen molar-refractivity contribution < 1.29 is 4.79 Å². The van der Waals surface area contributed by atoms with Gasteiger partial charge in [0.15, 0.2) is 5.69 Å². The van der Waals surface area contributed by atoms with Gasteiger partial charge in [-0.3, -0.25) is 4.79 Å². The van der Waals surface area contributed by atoms with Crippen molar-refractivity contribution in [2.24, 2.45) is 5.92 Å². The first kappa shape index (κ1) is 14.4. The lowest BCUT2D eigenvalue weighted by Crippen LogP contribution is -2.31. The van der Waals surface area contributed by atoms with Crippen LogP contribution >= 0.6 is 0 Å². The zero-order valence-electron chi connectivity index (χ0n) is 13.1. The first-order valence-electron chi connectivity index (χ1n) is 8.29. The molecule has 1 aliphatic carbocycles. The van der Waals surface area contributed by atoms with Crippen LogP contribution in [0.15, 0.2) is 36.5 Å². The second-order valence-electron chi connectivity index (χ2n) is 6.45. The molecule has 2 fully saturated rings. The van der Waals surface area contributed by atoms with Crippen molar-refractivity contribution in [1.82, 2.24) is 25.2 Å². The Kier molecular flexibility index (Phi) is 3.83. The Labute approximate surface area is 135 Å². The molecule has 0 spiro atoms. The summed E-state index contributed by atoms with van der Waals surface area (Å²) in [5.41, 5.74) is 1.22. The number of hydrogen-bond acceptors (Lipinski definition) is 4. The molecule has 0 radical (unpaired) electrons. The lowest BCUT2D eigenvalue weighted by atomic mass is 10.1. The van der Waals surface area contributed by atoms with Crippen LogP contribution in [0.1, 0.15) is 29.8 Å². The average Bonchev–Trinajstić information content (AvgIpc) is 3.14. The molecule has 23 heavy (non-hydrogen) atoms. The van der Waals surface area contributed by atoms with Gasteiger partial charge in [0.2, 0.25) is 0 Å². The average molecular weight is 311 g/mol. The number of amides is 1. The zero-order chi connectivity index (χ0) is 15.6. The maximum Gasteiger partial charge on any atom is 0.273 e. The van der Waals surface area contributed by atoms with Crippen LogP contribution in [-0.2, 0) is 0 Å². The van der Waals surface area contributed by atoms with Gasteiger partial charge in [-0.25, -0.2) is 0 Å². The van der Waals surface area contributed by atoms with E-state index in [2.05, 4.69) is 20.4 Å². The molecule has 1 aliphatic heterocycles. The van der Waals surface area contributed by atoms with Gasteiger partial charge < -0.3 is 10.2 Å². The number of carbonyl (C=O) groups excluding carboxylic acids is 1. The maximum absolute atomic E-state index is 12.2. The van der Waals surface area contributed by atoms with Crippen molar-refractivity contribution in [1.29, 1.82) is 0 Å². The summed E-state index contributed by atoms with van der Waals surface area (Å²) in [7, 11) is 0. The Morgan fingerprint density at radius 3 is 2.83 bits per heavy atom. The smallest absolute Gasteiger partial charge is 0.273 e. The van der Waals surface area contributed by atoms with Crippen LogP contribution in [0.25, 0.3) is 5.69 Å². The van der Waals surface area contributed by atoms with Crippen molar-refractivity contribution in [3.05, 3.63) is 42.2 Å². The molecule has 120 valence electrons. The highest BCUT2D eigenvalue weighted by Gasteiger charge is 2.34. The number of aromatic nitrogens is 3. The van der Waals surface area contributed by atoms with E-state index in [9.17, 15) is 4.79 Å². The largest absolute Gasteiger partial charge is 0.350 e. The lowest BCUT2D eigenvalue weighted by Gasteiger charge is -2.14. The molecule has 0 bridgehead atoms. The summed E-state index contributed by atoms with van der Waals surface area (Å²) in [6.07, 6.45) is 5.39. The third-order valence-electron chi connectivity index (χ3n) is 4.64. The number of nitrogens with one attached hydrogen (secondary N) is 1. The SMILES string of the molecule is O=C(NCC1CCN(C2CC2)C1)c1cnn(-c2ccccc2)n1. The van der Waals surface area contributed by atoms with Gasteiger partial charge in [-0.15, -0.1) is 5.10 Å². The predicted octanol–water partition coefficient (Wildman–Crippen LogP) is 1.48. The van der Waals surface area contributed by atoms with Gasteiger partial charge in [0.05, 0.1) is 11.9 Å². The summed E-state index contributed by atoms with van der Waals surface area (Å²) in [6.45, 7) is 3.01. The van der Waals surface area contributed by atoms with E-state index < -0.39 is 0 Å². The zero-order valence-corrected chi connectivity index (χ0v) is 13.1. The van der Waals surface area contributed by atoms with Gasteiger partial charge in [-0.2, -0.15) is 9.90 Å². The van der Waals surface area contributed by atoms with Crippen LogP contribution in [0, 0.1) is 5.92 Å². The topological polar surface area (TPSA) is 63.1 Å². The molecule has 1 amide bonds.